The number of anilines is 1. The van der Waals surface area contributed by atoms with Crippen LogP contribution in [-0.2, 0) is 0 Å². The molecule has 0 bridgehead atoms. The highest BCUT2D eigenvalue weighted by atomic mass is 16.5. The van der Waals surface area contributed by atoms with E-state index in [4.69, 9.17) is 11.2 Å². The van der Waals surface area contributed by atoms with Crippen LogP contribution in [-0.4, -0.2) is 23.6 Å². The van der Waals surface area contributed by atoms with Crippen LogP contribution in [0.3, 0.4) is 0 Å². The first-order chi connectivity index (χ1) is 6.86. The lowest BCUT2D eigenvalue weighted by atomic mass is 10.3. The topological polar surface area (TPSA) is 47.0 Å². The Bertz CT molecular complexity index is 319. The fourth-order valence-corrected chi connectivity index (χ4v) is 0.932. The molecular weight excluding hydrogens is 178 g/mol. The lowest BCUT2D eigenvalue weighted by Gasteiger charge is -2.04. The van der Waals surface area contributed by atoms with Gasteiger partial charge in [-0.05, 0) is 6.42 Å². The second kappa shape index (κ2) is 5.81. The Hall–Kier alpha value is -1.76. The molecule has 4 nitrogen and oxygen atoms in total. The number of aromatic nitrogens is 2. The van der Waals surface area contributed by atoms with E-state index in [1.165, 1.54) is 0 Å². The van der Waals surface area contributed by atoms with Gasteiger partial charge in [-0.2, -0.15) is 4.98 Å². The van der Waals surface area contributed by atoms with Crippen molar-refractivity contribution in [3.63, 3.8) is 0 Å². The lowest BCUT2D eigenvalue weighted by molar-refractivity contribution is 0.397. The van der Waals surface area contributed by atoms with Crippen molar-refractivity contribution in [1.29, 1.82) is 0 Å². The van der Waals surface area contributed by atoms with Crippen molar-refractivity contribution < 1.29 is 4.74 Å². The number of unbranched alkanes of at least 4 members (excludes halogenated alkanes) is 1. The fourth-order valence-electron chi connectivity index (χ4n) is 0.932. The standard InChI is InChI=1S/C10H13N3O/c1-3-4-5-7-11-10-12-8-6-9(13-10)14-2/h1,6,8H,4-5,7H2,2H3,(H,11,12,13). The van der Waals surface area contributed by atoms with E-state index >= 15 is 0 Å². The smallest absolute Gasteiger partial charge is 0.225 e. The highest BCUT2D eigenvalue weighted by molar-refractivity contribution is 5.27. The summed E-state index contributed by atoms with van der Waals surface area (Å²) in [5.74, 6) is 3.70. The molecule has 0 aliphatic rings. The van der Waals surface area contributed by atoms with E-state index in [1.807, 2.05) is 0 Å². The molecule has 14 heavy (non-hydrogen) atoms. The molecular formula is C10H13N3O. The molecule has 1 N–H and O–H groups in total. The number of ether oxygens (including phenoxy) is 1. The number of methoxy groups -OCH3 is 1. The van der Waals surface area contributed by atoms with Gasteiger partial charge in [0.1, 0.15) is 0 Å². The second-order valence-electron chi connectivity index (χ2n) is 2.66. The Morgan fingerprint density at radius 3 is 3.21 bits per heavy atom. The van der Waals surface area contributed by atoms with Gasteiger partial charge in [0.25, 0.3) is 0 Å². The summed E-state index contributed by atoms with van der Waals surface area (Å²) in [5.41, 5.74) is 0. The first kappa shape index (κ1) is 10.3. The van der Waals surface area contributed by atoms with Crippen LogP contribution in [0.5, 0.6) is 5.88 Å². The van der Waals surface area contributed by atoms with E-state index in [-0.39, 0.29) is 0 Å². The van der Waals surface area contributed by atoms with Crippen LogP contribution in [0.15, 0.2) is 12.3 Å². The second-order valence-corrected chi connectivity index (χ2v) is 2.66. The Balaban J connectivity index is 2.39. The predicted octanol–water partition coefficient (Wildman–Crippen LogP) is 1.31. The molecule has 1 rings (SSSR count). The maximum atomic E-state index is 5.12. The number of nitrogens with zero attached hydrogens (tertiary/aromatic N) is 2. The Labute approximate surface area is 83.7 Å². The fraction of sp³-hybridized carbons (Fsp3) is 0.400. The van der Waals surface area contributed by atoms with Gasteiger partial charge >= 0.3 is 0 Å². The van der Waals surface area contributed by atoms with Crippen LogP contribution in [0, 0.1) is 12.3 Å². The van der Waals surface area contributed by atoms with Crippen LogP contribution < -0.4 is 10.1 Å². The van der Waals surface area contributed by atoms with Crippen LogP contribution in [0.4, 0.5) is 5.95 Å². The molecule has 0 saturated carbocycles. The van der Waals surface area contributed by atoms with Crippen molar-refractivity contribution in [2.75, 3.05) is 19.0 Å². The number of hydrogen-bond donors (Lipinski definition) is 1. The molecule has 0 spiro atoms. The van der Waals surface area contributed by atoms with Crippen molar-refractivity contribution >= 4 is 5.95 Å². The monoisotopic (exact) mass is 191 g/mol. The van der Waals surface area contributed by atoms with Crippen LogP contribution in [0.2, 0.25) is 0 Å². The van der Waals surface area contributed by atoms with Crippen molar-refractivity contribution in [3.05, 3.63) is 12.3 Å². The number of rotatable bonds is 5. The molecule has 0 fully saturated rings. The van der Waals surface area contributed by atoms with Gasteiger partial charge in [-0.3, -0.25) is 0 Å². The van der Waals surface area contributed by atoms with Crippen molar-refractivity contribution in [2.45, 2.75) is 12.8 Å². The molecule has 0 radical (unpaired) electrons. The summed E-state index contributed by atoms with van der Waals surface area (Å²) in [4.78, 5) is 8.12. The number of hydrogen-bond acceptors (Lipinski definition) is 4. The molecule has 0 aliphatic heterocycles. The zero-order valence-electron chi connectivity index (χ0n) is 8.16. The van der Waals surface area contributed by atoms with Crippen LogP contribution in [0.1, 0.15) is 12.8 Å². The van der Waals surface area contributed by atoms with E-state index < -0.39 is 0 Å². The SMILES string of the molecule is C#CCCCNc1nccc(OC)n1. The molecule has 74 valence electrons. The van der Waals surface area contributed by atoms with E-state index in [0.717, 1.165) is 19.4 Å². The van der Waals surface area contributed by atoms with Gasteiger partial charge in [0.2, 0.25) is 11.8 Å². The molecule has 4 heteroatoms. The minimum absolute atomic E-state index is 0.555. The summed E-state index contributed by atoms with van der Waals surface area (Å²) in [6.07, 6.45) is 8.45. The highest BCUT2D eigenvalue weighted by Gasteiger charge is 1.96. The normalized spacial score (nSPS) is 9.14. The molecule has 0 amide bonds. The van der Waals surface area contributed by atoms with Gasteiger partial charge in [-0.1, -0.05) is 0 Å². The summed E-state index contributed by atoms with van der Waals surface area (Å²) >= 11 is 0. The first-order valence-electron chi connectivity index (χ1n) is 4.41. The Kier molecular flexibility index (Phi) is 4.29. The third-order valence-corrected chi connectivity index (χ3v) is 1.62. The van der Waals surface area contributed by atoms with E-state index in [2.05, 4.69) is 21.2 Å². The quantitative estimate of drug-likeness (QED) is 0.563. The summed E-state index contributed by atoms with van der Waals surface area (Å²) in [5, 5.41) is 3.06. The van der Waals surface area contributed by atoms with Gasteiger partial charge < -0.3 is 10.1 Å². The predicted molar refractivity (Wildman–Crippen MR) is 55.1 cm³/mol. The maximum absolute atomic E-state index is 5.12. The number of terminal acetylenes is 1. The maximum Gasteiger partial charge on any atom is 0.225 e. The van der Waals surface area contributed by atoms with Gasteiger partial charge in [0.05, 0.1) is 7.11 Å². The summed E-state index contributed by atoms with van der Waals surface area (Å²) in [6, 6.07) is 1.70. The van der Waals surface area contributed by atoms with Crippen molar-refractivity contribution in [1.82, 2.24) is 9.97 Å². The molecule has 0 atom stereocenters. The van der Waals surface area contributed by atoms with Gasteiger partial charge in [-0.25, -0.2) is 4.98 Å². The Morgan fingerprint density at radius 1 is 1.64 bits per heavy atom. The van der Waals surface area contributed by atoms with Crippen molar-refractivity contribution in [3.8, 4) is 18.2 Å². The van der Waals surface area contributed by atoms with Gasteiger partial charge in [0.15, 0.2) is 0 Å². The lowest BCUT2D eigenvalue weighted by Crippen LogP contribution is -2.05. The number of nitrogens with one attached hydrogen (secondary N) is 1. The summed E-state index contributed by atoms with van der Waals surface area (Å²) in [6.45, 7) is 0.775. The minimum atomic E-state index is 0.555. The van der Waals surface area contributed by atoms with E-state index in [9.17, 15) is 0 Å². The average molecular weight is 191 g/mol. The average Bonchev–Trinajstić information content (AvgIpc) is 2.25. The first-order valence-corrected chi connectivity index (χ1v) is 4.41. The zero-order valence-corrected chi connectivity index (χ0v) is 8.16. The largest absolute Gasteiger partial charge is 0.481 e. The van der Waals surface area contributed by atoms with Crippen molar-refractivity contribution in [2.24, 2.45) is 0 Å². The van der Waals surface area contributed by atoms with Gasteiger partial charge in [-0.15, -0.1) is 12.3 Å². The molecule has 0 unspecified atom stereocenters. The Morgan fingerprint density at radius 2 is 2.50 bits per heavy atom. The zero-order chi connectivity index (χ0) is 10.2. The highest BCUT2D eigenvalue weighted by Crippen LogP contribution is 2.06. The minimum Gasteiger partial charge on any atom is -0.481 e. The van der Waals surface area contributed by atoms with E-state index in [0.29, 0.717) is 11.8 Å². The molecule has 0 aromatic carbocycles. The third-order valence-electron chi connectivity index (χ3n) is 1.62. The third kappa shape index (κ3) is 3.31. The van der Waals surface area contributed by atoms with E-state index in [1.54, 1.807) is 19.4 Å². The van der Waals surface area contributed by atoms with Gasteiger partial charge in [0, 0.05) is 25.2 Å². The summed E-state index contributed by atoms with van der Waals surface area (Å²) in [7, 11) is 1.57. The molecule has 1 aromatic rings. The molecule has 0 saturated heterocycles. The van der Waals surface area contributed by atoms with Crippen LogP contribution >= 0.6 is 0 Å². The molecule has 0 aliphatic carbocycles. The van der Waals surface area contributed by atoms with Crippen LogP contribution in [0.25, 0.3) is 0 Å². The summed E-state index contributed by atoms with van der Waals surface area (Å²) < 4.78 is 4.96. The molecule has 1 heterocycles. The molecule has 1 aromatic heterocycles.